The standard InChI is InChI=1S/C14H10ClF3N2O/c15-9-2-1-3-10(7-9)20-13(21)8-4-5-12(19)11(6-8)14(16,17)18/h1-7H,19H2,(H,20,21). The van der Waals surface area contributed by atoms with Gasteiger partial charge >= 0.3 is 6.18 Å². The Morgan fingerprint density at radius 1 is 1.14 bits per heavy atom. The molecule has 3 N–H and O–H groups in total. The Hall–Kier alpha value is -2.21. The summed E-state index contributed by atoms with van der Waals surface area (Å²) >= 11 is 5.76. The van der Waals surface area contributed by atoms with Gasteiger partial charge in [-0.3, -0.25) is 4.79 Å². The summed E-state index contributed by atoms with van der Waals surface area (Å²) < 4.78 is 38.2. The van der Waals surface area contributed by atoms with Gasteiger partial charge in [0.1, 0.15) is 0 Å². The maximum Gasteiger partial charge on any atom is 0.418 e. The number of amides is 1. The van der Waals surface area contributed by atoms with Gasteiger partial charge in [-0.25, -0.2) is 0 Å². The summed E-state index contributed by atoms with van der Waals surface area (Å²) in [6, 6.07) is 9.28. The van der Waals surface area contributed by atoms with E-state index in [-0.39, 0.29) is 5.56 Å². The number of nitrogens with one attached hydrogen (secondary N) is 1. The van der Waals surface area contributed by atoms with E-state index in [1.807, 2.05) is 0 Å². The maximum atomic E-state index is 12.7. The van der Waals surface area contributed by atoms with Crippen LogP contribution in [0.15, 0.2) is 42.5 Å². The van der Waals surface area contributed by atoms with Crippen LogP contribution in [-0.2, 0) is 6.18 Å². The molecule has 0 fully saturated rings. The molecule has 0 heterocycles. The van der Waals surface area contributed by atoms with Crippen LogP contribution in [0.3, 0.4) is 0 Å². The third kappa shape index (κ3) is 3.66. The first-order chi connectivity index (χ1) is 9.77. The summed E-state index contributed by atoms with van der Waals surface area (Å²) in [7, 11) is 0. The quantitative estimate of drug-likeness (QED) is 0.816. The Kier molecular flexibility index (Phi) is 4.09. The van der Waals surface area contributed by atoms with Crippen LogP contribution >= 0.6 is 11.6 Å². The van der Waals surface area contributed by atoms with Gasteiger partial charge < -0.3 is 11.1 Å². The number of nitrogens with two attached hydrogens (primary N) is 1. The highest BCUT2D eigenvalue weighted by Gasteiger charge is 2.33. The minimum absolute atomic E-state index is 0.142. The first kappa shape index (κ1) is 15.2. The average Bonchev–Trinajstić information content (AvgIpc) is 2.37. The number of rotatable bonds is 2. The Morgan fingerprint density at radius 3 is 2.48 bits per heavy atom. The highest BCUT2D eigenvalue weighted by molar-refractivity contribution is 6.30. The number of carbonyl (C=O) groups is 1. The minimum atomic E-state index is -4.61. The van der Waals surface area contributed by atoms with E-state index < -0.39 is 23.3 Å². The molecule has 110 valence electrons. The van der Waals surface area contributed by atoms with Crippen molar-refractivity contribution in [1.82, 2.24) is 0 Å². The molecule has 0 atom stereocenters. The van der Waals surface area contributed by atoms with Gasteiger partial charge in [-0.1, -0.05) is 17.7 Å². The van der Waals surface area contributed by atoms with Crippen LogP contribution in [0.1, 0.15) is 15.9 Å². The van der Waals surface area contributed by atoms with E-state index in [1.54, 1.807) is 18.2 Å². The van der Waals surface area contributed by atoms with E-state index in [4.69, 9.17) is 17.3 Å². The molecule has 2 aromatic carbocycles. The first-order valence-electron chi connectivity index (χ1n) is 5.81. The smallest absolute Gasteiger partial charge is 0.398 e. The molecule has 0 spiro atoms. The van der Waals surface area contributed by atoms with Crippen molar-refractivity contribution >= 4 is 28.9 Å². The molecule has 0 saturated heterocycles. The second kappa shape index (κ2) is 5.65. The van der Waals surface area contributed by atoms with Crippen molar-refractivity contribution in [3.63, 3.8) is 0 Å². The summed E-state index contributed by atoms with van der Waals surface area (Å²) in [6.45, 7) is 0. The molecule has 0 aliphatic carbocycles. The lowest BCUT2D eigenvalue weighted by Crippen LogP contribution is -2.15. The van der Waals surface area contributed by atoms with Crippen LogP contribution in [0.5, 0.6) is 0 Å². The summed E-state index contributed by atoms with van der Waals surface area (Å²) in [4.78, 5) is 12.0. The SMILES string of the molecule is Nc1ccc(C(=O)Nc2cccc(Cl)c2)cc1C(F)(F)F. The number of hydrogen-bond acceptors (Lipinski definition) is 2. The lowest BCUT2D eigenvalue weighted by atomic mass is 10.1. The van der Waals surface area contributed by atoms with E-state index in [0.717, 1.165) is 12.1 Å². The molecule has 0 aliphatic heterocycles. The van der Waals surface area contributed by atoms with E-state index in [1.165, 1.54) is 12.1 Å². The molecular weight excluding hydrogens is 305 g/mol. The molecule has 1 amide bonds. The predicted molar refractivity (Wildman–Crippen MR) is 75.3 cm³/mol. The fourth-order valence-corrected chi connectivity index (χ4v) is 1.90. The summed E-state index contributed by atoms with van der Waals surface area (Å²) in [5.74, 6) is -0.678. The van der Waals surface area contributed by atoms with Gasteiger partial charge in [-0.05, 0) is 36.4 Å². The molecule has 2 aromatic rings. The van der Waals surface area contributed by atoms with E-state index in [2.05, 4.69) is 5.32 Å². The zero-order valence-corrected chi connectivity index (χ0v) is 11.3. The molecule has 0 radical (unpaired) electrons. The van der Waals surface area contributed by atoms with Crippen LogP contribution in [0.25, 0.3) is 0 Å². The van der Waals surface area contributed by atoms with Gasteiger partial charge in [0.2, 0.25) is 0 Å². The van der Waals surface area contributed by atoms with E-state index in [0.29, 0.717) is 10.7 Å². The summed E-state index contributed by atoms with van der Waals surface area (Å²) in [5.41, 5.74) is 4.05. The summed E-state index contributed by atoms with van der Waals surface area (Å²) in [6.07, 6.45) is -4.61. The van der Waals surface area contributed by atoms with Crippen molar-refractivity contribution in [2.24, 2.45) is 0 Å². The monoisotopic (exact) mass is 314 g/mol. The van der Waals surface area contributed by atoms with Gasteiger partial charge in [0, 0.05) is 22.0 Å². The lowest BCUT2D eigenvalue weighted by Gasteiger charge is -2.12. The molecular formula is C14H10ClF3N2O. The second-order valence-electron chi connectivity index (χ2n) is 4.26. The number of nitrogen functional groups attached to an aromatic ring is 1. The van der Waals surface area contributed by atoms with E-state index >= 15 is 0 Å². The summed E-state index contributed by atoms with van der Waals surface area (Å²) in [5, 5.41) is 2.87. The number of carbonyl (C=O) groups excluding carboxylic acids is 1. The predicted octanol–water partition coefficient (Wildman–Crippen LogP) is 4.19. The molecule has 0 aliphatic rings. The molecule has 0 saturated carbocycles. The molecule has 0 unspecified atom stereocenters. The lowest BCUT2D eigenvalue weighted by molar-refractivity contribution is -0.136. The van der Waals surface area contributed by atoms with Crippen molar-refractivity contribution in [1.29, 1.82) is 0 Å². The minimum Gasteiger partial charge on any atom is -0.398 e. The second-order valence-corrected chi connectivity index (χ2v) is 4.70. The maximum absolute atomic E-state index is 12.7. The zero-order valence-electron chi connectivity index (χ0n) is 10.5. The Bertz CT molecular complexity index is 686. The average molecular weight is 315 g/mol. The van der Waals surface area contributed by atoms with Crippen LogP contribution in [0.4, 0.5) is 24.5 Å². The van der Waals surface area contributed by atoms with Crippen LogP contribution in [-0.4, -0.2) is 5.91 Å². The van der Waals surface area contributed by atoms with Gasteiger partial charge in [0.15, 0.2) is 0 Å². The molecule has 0 bridgehead atoms. The molecule has 21 heavy (non-hydrogen) atoms. The van der Waals surface area contributed by atoms with Crippen molar-refractivity contribution in [2.75, 3.05) is 11.1 Å². The highest BCUT2D eigenvalue weighted by atomic mass is 35.5. The van der Waals surface area contributed by atoms with Crippen LogP contribution in [0.2, 0.25) is 5.02 Å². The first-order valence-corrected chi connectivity index (χ1v) is 6.19. The van der Waals surface area contributed by atoms with Crippen LogP contribution < -0.4 is 11.1 Å². The van der Waals surface area contributed by atoms with Crippen LogP contribution in [0, 0.1) is 0 Å². The van der Waals surface area contributed by atoms with Gasteiger partial charge in [-0.15, -0.1) is 0 Å². The number of anilines is 2. The largest absolute Gasteiger partial charge is 0.418 e. The Morgan fingerprint density at radius 2 is 1.86 bits per heavy atom. The number of halogens is 4. The molecule has 7 heteroatoms. The molecule has 0 aromatic heterocycles. The third-order valence-electron chi connectivity index (χ3n) is 2.70. The van der Waals surface area contributed by atoms with Crippen molar-refractivity contribution in [3.8, 4) is 0 Å². The fourth-order valence-electron chi connectivity index (χ4n) is 1.71. The van der Waals surface area contributed by atoms with E-state index in [9.17, 15) is 18.0 Å². The molecule has 2 rings (SSSR count). The van der Waals surface area contributed by atoms with Gasteiger partial charge in [0.05, 0.1) is 5.56 Å². The number of alkyl halides is 3. The molecule has 3 nitrogen and oxygen atoms in total. The van der Waals surface area contributed by atoms with Crippen molar-refractivity contribution in [3.05, 3.63) is 58.6 Å². The van der Waals surface area contributed by atoms with Gasteiger partial charge in [-0.2, -0.15) is 13.2 Å². The number of benzene rings is 2. The number of hydrogen-bond donors (Lipinski definition) is 2. The van der Waals surface area contributed by atoms with Crippen molar-refractivity contribution in [2.45, 2.75) is 6.18 Å². The van der Waals surface area contributed by atoms with Gasteiger partial charge in [0.25, 0.3) is 5.91 Å². The third-order valence-corrected chi connectivity index (χ3v) is 2.94. The zero-order chi connectivity index (χ0) is 15.6. The normalized spacial score (nSPS) is 11.2. The Balaban J connectivity index is 2.28. The Labute approximate surface area is 123 Å². The topological polar surface area (TPSA) is 55.1 Å². The fraction of sp³-hybridized carbons (Fsp3) is 0.0714. The highest BCUT2D eigenvalue weighted by Crippen LogP contribution is 2.34. The van der Waals surface area contributed by atoms with Crippen molar-refractivity contribution < 1.29 is 18.0 Å².